The topological polar surface area (TPSA) is 89.3 Å². The number of benzene rings is 2. The molecule has 0 aliphatic rings. The first-order valence-corrected chi connectivity index (χ1v) is 8.11. The molecule has 0 aliphatic heterocycles. The molecular weight excluding hydrogens is 328 g/mol. The van der Waals surface area contributed by atoms with Crippen molar-refractivity contribution in [2.24, 2.45) is 0 Å². The van der Waals surface area contributed by atoms with E-state index in [1.165, 1.54) is 6.07 Å². The van der Waals surface area contributed by atoms with E-state index in [-0.39, 0.29) is 5.02 Å². The molecule has 116 valence electrons. The number of hydrogen-bond donors (Lipinski definition) is 1. The lowest BCUT2D eigenvalue weighted by molar-refractivity contribution is -0.387. The SMILES string of the molecule is Cc1ccc(NS(=O)(=O)c2ccc(Cl)cc2[N+](=O)[O-])c(C)c1. The normalized spacial score (nSPS) is 11.2. The molecule has 0 spiro atoms. The van der Waals surface area contributed by atoms with E-state index in [9.17, 15) is 18.5 Å². The van der Waals surface area contributed by atoms with Gasteiger partial charge in [0.1, 0.15) is 0 Å². The zero-order valence-electron chi connectivity index (χ0n) is 11.8. The average Bonchev–Trinajstić information content (AvgIpc) is 2.41. The molecule has 0 atom stereocenters. The Bertz CT molecular complexity index is 850. The van der Waals surface area contributed by atoms with E-state index in [0.717, 1.165) is 23.3 Å². The largest absolute Gasteiger partial charge is 0.291 e. The molecule has 0 fully saturated rings. The Morgan fingerprint density at radius 3 is 2.41 bits per heavy atom. The van der Waals surface area contributed by atoms with Crippen LogP contribution in [0.5, 0.6) is 0 Å². The van der Waals surface area contributed by atoms with Crippen LogP contribution in [0.4, 0.5) is 11.4 Å². The highest BCUT2D eigenvalue weighted by Crippen LogP contribution is 2.29. The van der Waals surface area contributed by atoms with Gasteiger partial charge >= 0.3 is 0 Å². The molecule has 0 aliphatic carbocycles. The van der Waals surface area contributed by atoms with Crippen LogP contribution < -0.4 is 4.72 Å². The Kier molecular flexibility index (Phi) is 4.39. The molecule has 0 amide bonds. The van der Waals surface area contributed by atoms with Gasteiger partial charge in [-0.25, -0.2) is 8.42 Å². The van der Waals surface area contributed by atoms with Crippen LogP contribution in [0.3, 0.4) is 0 Å². The average molecular weight is 341 g/mol. The third-order valence-electron chi connectivity index (χ3n) is 3.03. The van der Waals surface area contributed by atoms with Crippen molar-refractivity contribution in [3.05, 3.63) is 62.7 Å². The molecule has 0 unspecified atom stereocenters. The molecular formula is C14H13ClN2O4S. The van der Waals surface area contributed by atoms with Gasteiger partial charge in [-0.15, -0.1) is 0 Å². The fourth-order valence-corrected chi connectivity index (χ4v) is 3.44. The summed E-state index contributed by atoms with van der Waals surface area (Å²) in [6.45, 7) is 3.64. The fourth-order valence-electron chi connectivity index (χ4n) is 1.99. The minimum atomic E-state index is -4.09. The van der Waals surface area contributed by atoms with Gasteiger partial charge in [0.15, 0.2) is 4.90 Å². The first-order valence-electron chi connectivity index (χ1n) is 6.25. The number of aryl methyl sites for hydroxylation is 2. The van der Waals surface area contributed by atoms with Crippen LogP contribution in [0.1, 0.15) is 11.1 Å². The van der Waals surface area contributed by atoms with Crippen molar-refractivity contribution in [3.63, 3.8) is 0 Å². The zero-order chi connectivity index (χ0) is 16.5. The van der Waals surface area contributed by atoms with Crippen molar-refractivity contribution in [1.29, 1.82) is 0 Å². The van der Waals surface area contributed by atoms with E-state index in [4.69, 9.17) is 11.6 Å². The minimum Gasteiger partial charge on any atom is -0.279 e. The highest BCUT2D eigenvalue weighted by Gasteiger charge is 2.26. The highest BCUT2D eigenvalue weighted by molar-refractivity contribution is 7.92. The van der Waals surface area contributed by atoms with Crippen molar-refractivity contribution in [3.8, 4) is 0 Å². The van der Waals surface area contributed by atoms with Gasteiger partial charge in [0.25, 0.3) is 15.7 Å². The van der Waals surface area contributed by atoms with E-state index in [1.807, 2.05) is 13.0 Å². The number of rotatable bonds is 4. The van der Waals surface area contributed by atoms with Gasteiger partial charge in [0, 0.05) is 11.1 Å². The molecule has 0 bridgehead atoms. The Balaban J connectivity index is 2.49. The van der Waals surface area contributed by atoms with Gasteiger partial charge in [-0.2, -0.15) is 0 Å². The summed E-state index contributed by atoms with van der Waals surface area (Å²) in [5, 5.41) is 11.1. The molecule has 0 saturated carbocycles. The van der Waals surface area contributed by atoms with Crippen molar-refractivity contribution in [2.45, 2.75) is 18.7 Å². The third kappa shape index (κ3) is 3.37. The first kappa shape index (κ1) is 16.3. The monoisotopic (exact) mass is 340 g/mol. The Hall–Kier alpha value is -2.12. The Morgan fingerprint density at radius 2 is 1.82 bits per heavy atom. The summed E-state index contributed by atoms with van der Waals surface area (Å²) in [5.74, 6) is 0. The maximum absolute atomic E-state index is 12.4. The van der Waals surface area contributed by atoms with E-state index in [1.54, 1.807) is 19.1 Å². The molecule has 2 rings (SSSR count). The van der Waals surface area contributed by atoms with Crippen LogP contribution in [0, 0.1) is 24.0 Å². The second-order valence-electron chi connectivity index (χ2n) is 4.79. The summed E-state index contributed by atoms with van der Waals surface area (Å²) in [6, 6.07) is 8.61. The van der Waals surface area contributed by atoms with Gasteiger partial charge < -0.3 is 0 Å². The van der Waals surface area contributed by atoms with Crippen molar-refractivity contribution >= 4 is 33.0 Å². The van der Waals surface area contributed by atoms with Gasteiger partial charge in [-0.1, -0.05) is 29.3 Å². The predicted octanol–water partition coefficient (Wildman–Crippen LogP) is 3.67. The van der Waals surface area contributed by atoms with Crippen LogP contribution >= 0.6 is 11.6 Å². The maximum atomic E-state index is 12.4. The standard InChI is InChI=1S/C14H13ClN2O4S/c1-9-3-5-12(10(2)7-9)16-22(20,21)14-6-4-11(15)8-13(14)17(18)19/h3-8,16H,1-2H3. The summed E-state index contributed by atoms with van der Waals surface area (Å²) in [5.41, 5.74) is 1.51. The van der Waals surface area contributed by atoms with Gasteiger partial charge in [-0.3, -0.25) is 14.8 Å². The second kappa shape index (κ2) is 5.94. The lowest BCUT2D eigenvalue weighted by Crippen LogP contribution is -2.15. The molecule has 0 heterocycles. The van der Waals surface area contributed by atoms with Crippen LogP contribution in [-0.2, 0) is 10.0 Å². The number of halogens is 1. The summed E-state index contributed by atoms with van der Waals surface area (Å²) >= 11 is 5.69. The Morgan fingerprint density at radius 1 is 1.14 bits per heavy atom. The summed E-state index contributed by atoms with van der Waals surface area (Å²) < 4.78 is 27.2. The van der Waals surface area contributed by atoms with Crippen LogP contribution in [0.25, 0.3) is 0 Å². The number of nitrogens with one attached hydrogen (secondary N) is 1. The fraction of sp³-hybridized carbons (Fsp3) is 0.143. The lowest BCUT2D eigenvalue weighted by atomic mass is 10.1. The lowest BCUT2D eigenvalue weighted by Gasteiger charge is -2.11. The zero-order valence-corrected chi connectivity index (χ0v) is 13.4. The maximum Gasteiger partial charge on any atom is 0.291 e. The van der Waals surface area contributed by atoms with Gasteiger partial charge in [0.2, 0.25) is 0 Å². The minimum absolute atomic E-state index is 0.0946. The van der Waals surface area contributed by atoms with Crippen LogP contribution in [0.15, 0.2) is 41.3 Å². The number of nitro benzene ring substituents is 1. The van der Waals surface area contributed by atoms with Crippen molar-refractivity contribution in [2.75, 3.05) is 4.72 Å². The molecule has 2 aromatic carbocycles. The second-order valence-corrected chi connectivity index (χ2v) is 6.88. The number of anilines is 1. The van der Waals surface area contributed by atoms with Crippen molar-refractivity contribution in [1.82, 2.24) is 0 Å². The molecule has 0 saturated heterocycles. The number of hydrogen-bond acceptors (Lipinski definition) is 4. The molecule has 2 aromatic rings. The first-order chi connectivity index (χ1) is 10.2. The highest BCUT2D eigenvalue weighted by atomic mass is 35.5. The third-order valence-corrected chi connectivity index (χ3v) is 4.68. The van der Waals surface area contributed by atoms with E-state index >= 15 is 0 Å². The van der Waals surface area contributed by atoms with Crippen LogP contribution in [-0.4, -0.2) is 13.3 Å². The summed E-state index contributed by atoms with van der Waals surface area (Å²) in [4.78, 5) is 9.84. The summed E-state index contributed by atoms with van der Waals surface area (Å²) in [6.07, 6.45) is 0. The van der Waals surface area contributed by atoms with Crippen molar-refractivity contribution < 1.29 is 13.3 Å². The predicted molar refractivity (Wildman–Crippen MR) is 84.8 cm³/mol. The van der Waals surface area contributed by atoms with Gasteiger partial charge in [-0.05, 0) is 37.6 Å². The quantitative estimate of drug-likeness (QED) is 0.679. The van der Waals surface area contributed by atoms with Crippen LogP contribution in [0.2, 0.25) is 5.02 Å². The molecule has 8 heteroatoms. The Labute approximate surface area is 132 Å². The molecule has 0 aromatic heterocycles. The molecule has 0 radical (unpaired) electrons. The van der Waals surface area contributed by atoms with E-state index in [2.05, 4.69) is 4.72 Å². The molecule has 1 N–H and O–H groups in total. The molecule has 6 nitrogen and oxygen atoms in total. The number of nitro groups is 1. The molecule has 22 heavy (non-hydrogen) atoms. The van der Waals surface area contributed by atoms with E-state index < -0.39 is 25.5 Å². The van der Waals surface area contributed by atoms with E-state index in [0.29, 0.717) is 5.69 Å². The summed E-state index contributed by atoms with van der Waals surface area (Å²) in [7, 11) is -4.09. The number of nitrogens with zero attached hydrogens (tertiary/aromatic N) is 1. The van der Waals surface area contributed by atoms with Gasteiger partial charge in [0.05, 0.1) is 10.6 Å². The smallest absolute Gasteiger partial charge is 0.279 e. The number of sulfonamides is 1.